The molecule has 0 aromatic rings. The number of hydrogen-bond acceptors (Lipinski definition) is 5. The van der Waals surface area contributed by atoms with Crippen molar-refractivity contribution in [2.24, 2.45) is 0 Å². The van der Waals surface area contributed by atoms with Crippen molar-refractivity contribution >= 4 is 10.3 Å². The molecule has 0 saturated carbocycles. The lowest BCUT2D eigenvalue weighted by atomic mass is 10.2. The fraction of sp³-hybridized carbons (Fsp3) is 1.00. The van der Waals surface area contributed by atoms with Crippen LogP contribution in [0.1, 0.15) is 0 Å². The first-order valence-corrected chi connectivity index (χ1v) is 4.80. The molecule has 0 aromatic heterocycles. The van der Waals surface area contributed by atoms with Gasteiger partial charge in [-0.2, -0.15) is 13.1 Å². The van der Waals surface area contributed by atoms with Crippen LogP contribution in [0.2, 0.25) is 0 Å². The Bertz CT molecular complexity index is 238. The third-order valence-electron chi connectivity index (χ3n) is 1.63. The first-order valence-electron chi connectivity index (χ1n) is 3.39. The van der Waals surface area contributed by atoms with Crippen LogP contribution in [0.25, 0.3) is 0 Å². The second kappa shape index (κ2) is 3.67. The maximum Gasteiger partial charge on any atom is 0.336 e. The van der Waals surface area contributed by atoms with Gasteiger partial charge in [-0.25, -0.2) is 0 Å². The molecule has 1 fully saturated rings. The molecule has 12 heavy (non-hydrogen) atoms. The molecule has 0 unspecified atom stereocenters. The summed E-state index contributed by atoms with van der Waals surface area (Å²) in [6, 6.07) is -0.617. The van der Waals surface area contributed by atoms with E-state index in [1.54, 1.807) is 0 Å². The zero-order valence-corrected chi connectivity index (χ0v) is 7.37. The molecule has 2 atom stereocenters. The number of nitrogens with one attached hydrogen (secondary N) is 1. The van der Waals surface area contributed by atoms with E-state index >= 15 is 0 Å². The molecule has 1 heterocycles. The Labute approximate surface area is 70.7 Å². The molecule has 0 aliphatic carbocycles. The van der Waals surface area contributed by atoms with Crippen LogP contribution >= 0.6 is 0 Å². The number of methoxy groups -OCH3 is 1. The molecule has 1 rings (SSSR count). The number of aliphatic hydroxyl groups is 1. The van der Waals surface area contributed by atoms with Crippen molar-refractivity contribution in [3.63, 3.8) is 0 Å². The average Bonchev–Trinajstić information content (AvgIpc) is 2.03. The Morgan fingerprint density at radius 3 is 2.92 bits per heavy atom. The predicted octanol–water partition coefficient (Wildman–Crippen LogP) is -1.77. The van der Waals surface area contributed by atoms with Crippen molar-refractivity contribution in [2.45, 2.75) is 12.1 Å². The van der Waals surface area contributed by atoms with E-state index in [9.17, 15) is 8.42 Å². The van der Waals surface area contributed by atoms with Gasteiger partial charge >= 0.3 is 10.3 Å². The van der Waals surface area contributed by atoms with E-state index in [0.29, 0.717) is 0 Å². The SMILES string of the molecule is CO[C@H]1COS(=O)(=O)N[C@H]1CO. The Morgan fingerprint density at radius 1 is 1.75 bits per heavy atom. The molecule has 72 valence electrons. The van der Waals surface area contributed by atoms with Crippen molar-refractivity contribution in [1.82, 2.24) is 4.72 Å². The Kier molecular flexibility index (Phi) is 3.02. The minimum Gasteiger partial charge on any atom is -0.395 e. The van der Waals surface area contributed by atoms with Crippen LogP contribution in [-0.2, 0) is 19.2 Å². The summed E-state index contributed by atoms with van der Waals surface area (Å²) in [7, 11) is -2.25. The summed E-state index contributed by atoms with van der Waals surface area (Å²) < 4.78 is 33.0. The van der Waals surface area contributed by atoms with E-state index in [2.05, 4.69) is 8.91 Å². The highest BCUT2D eigenvalue weighted by Gasteiger charge is 2.32. The zero-order chi connectivity index (χ0) is 9.19. The van der Waals surface area contributed by atoms with Gasteiger partial charge in [0.05, 0.1) is 19.3 Å². The van der Waals surface area contributed by atoms with Crippen LogP contribution in [-0.4, -0.2) is 46.0 Å². The summed E-state index contributed by atoms with van der Waals surface area (Å²) in [5.74, 6) is 0. The highest BCUT2D eigenvalue weighted by Crippen LogP contribution is 2.08. The summed E-state index contributed by atoms with van der Waals surface area (Å²) in [5.41, 5.74) is 0. The molecule has 0 bridgehead atoms. The number of hydrogen-bond donors (Lipinski definition) is 2. The van der Waals surface area contributed by atoms with Crippen LogP contribution in [0, 0.1) is 0 Å². The minimum absolute atomic E-state index is 0.0585. The predicted molar refractivity (Wildman–Crippen MR) is 39.7 cm³/mol. The molecule has 2 N–H and O–H groups in total. The molecule has 1 aliphatic rings. The second-order valence-corrected chi connectivity index (χ2v) is 3.80. The lowest BCUT2D eigenvalue weighted by molar-refractivity contribution is 0.00668. The molecular weight excluding hydrogens is 186 g/mol. The van der Waals surface area contributed by atoms with E-state index in [-0.39, 0.29) is 13.2 Å². The van der Waals surface area contributed by atoms with Crippen molar-refractivity contribution in [2.75, 3.05) is 20.3 Å². The highest BCUT2D eigenvalue weighted by molar-refractivity contribution is 7.84. The van der Waals surface area contributed by atoms with Crippen LogP contribution in [0.4, 0.5) is 0 Å². The summed E-state index contributed by atoms with van der Waals surface area (Å²) in [4.78, 5) is 0. The molecule has 0 amide bonds. The number of rotatable bonds is 2. The van der Waals surface area contributed by atoms with E-state index < -0.39 is 22.4 Å². The van der Waals surface area contributed by atoms with Crippen molar-refractivity contribution in [3.05, 3.63) is 0 Å². The molecular formula is C5H11NO5S. The van der Waals surface area contributed by atoms with Gasteiger partial charge in [0.15, 0.2) is 0 Å². The molecule has 0 aromatic carbocycles. The van der Waals surface area contributed by atoms with Gasteiger partial charge in [0.2, 0.25) is 0 Å². The van der Waals surface area contributed by atoms with Crippen LogP contribution in [0.5, 0.6) is 0 Å². The molecule has 7 heteroatoms. The van der Waals surface area contributed by atoms with Crippen LogP contribution in [0.15, 0.2) is 0 Å². The topological polar surface area (TPSA) is 84.9 Å². The van der Waals surface area contributed by atoms with Gasteiger partial charge in [0, 0.05) is 7.11 Å². The van der Waals surface area contributed by atoms with Crippen LogP contribution < -0.4 is 4.72 Å². The lowest BCUT2D eigenvalue weighted by Gasteiger charge is -2.28. The Morgan fingerprint density at radius 2 is 2.42 bits per heavy atom. The van der Waals surface area contributed by atoms with Gasteiger partial charge in [-0.3, -0.25) is 4.18 Å². The van der Waals surface area contributed by atoms with E-state index in [0.717, 1.165) is 0 Å². The second-order valence-electron chi connectivity index (χ2n) is 2.42. The maximum atomic E-state index is 10.8. The minimum atomic E-state index is -3.68. The molecule has 1 aliphatic heterocycles. The third kappa shape index (κ3) is 2.14. The summed E-state index contributed by atoms with van der Waals surface area (Å²) >= 11 is 0. The summed E-state index contributed by atoms with van der Waals surface area (Å²) in [6.45, 7) is -0.363. The van der Waals surface area contributed by atoms with Crippen molar-refractivity contribution in [3.8, 4) is 0 Å². The average molecular weight is 197 g/mol. The largest absolute Gasteiger partial charge is 0.395 e. The van der Waals surface area contributed by atoms with Crippen molar-refractivity contribution < 1.29 is 22.4 Å². The first kappa shape index (κ1) is 9.87. The van der Waals surface area contributed by atoms with Gasteiger partial charge in [-0.1, -0.05) is 0 Å². The third-order valence-corrected chi connectivity index (χ3v) is 2.67. The molecule has 1 saturated heterocycles. The molecule has 0 spiro atoms. The van der Waals surface area contributed by atoms with Crippen LogP contribution in [0.3, 0.4) is 0 Å². The summed E-state index contributed by atoms with van der Waals surface area (Å²) in [5, 5.41) is 8.76. The standard InChI is InChI=1S/C5H11NO5S/c1-10-5-3-11-12(8,9)6-4(5)2-7/h4-7H,2-3H2,1H3/t4-,5-/m0/s1. The zero-order valence-electron chi connectivity index (χ0n) is 6.56. The number of aliphatic hydroxyl groups excluding tert-OH is 1. The van der Waals surface area contributed by atoms with E-state index in [1.165, 1.54) is 7.11 Å². The normalized spacial score (nSPS) is 34.8. The lowest BCUT2D eigenvalue weighted by Crippen LogP contribution is -2.53. The molecule has 6 nitrogen and oxygen atoms in total. The summed E-state index contributed by atoms with van der Waals surface area (Å²) in [6.07, 6.45) is -0.432. The monoisotopic (exact) mass is 197 g/mol. The maximum absolute atomic E-state index is 10.8. The number of ether oxygens (including phenoxy) is 1. The van der Waals surface area contributed by atoms with Gasteiger partial charge < -0.3 is 9.84 Å². The van der Waals surface area contributed by atoms with Crippen molar-refractivity contribution in [1.29, 1.82) is 0 Å². The quantitative estimate of drug-likeness (QED) is 0.547. The smallest absolute Gasteiger partial charge is 0.336 e. The van der Waals surface area contributed by atoms with E-state index in [4.69, 9.17) is 9.84 Å². The first-order chi connectivity index (χ1) is 5.59. The van der Waals surface area contributed by atoms with Gasteiger partial charge in [0.25, 0.3) is 0 Å². The fourth-order valence-corrected chi connectivity index (χ4v) is 1.93. The highest BCUT2D eigenvalue weighted by atomic mass is 32.2. The van der Waals surface area contributed by atoms with Gasteiger partial charge in [-0.15, -0.1) is 0 Å². The van der Waals surface area contributed by atoms with E-state index in [1.807, 2.05) is 0 Å². The Hall–Kier alpha value is -0.210. The van der Waals surface area contributed by atoms with Gasteiger partial charge in [0.1, 0.15) is 6.10 Å². The molecule has 0 radical (unpaired) electrons. The Balaban J connectivity index is 2.66. The fourth-order valence-electron chi connectivity index (χ4n) is 0.955. The van der Waals surface area contributed by atoms with Gasteiger partial charge in [-0.05, 0) is 0 Å².